The molecule has 0 bridgehead atoms. The summed E-state index contributed by atoms with van der Waals surface area (Å²) in [5, 5.41) is 14.2. The summed E-state index contributed by atoms with van der Waals surface area (Å²) in [7, 11) is 0. The van der Waals surface area contributed by atoms with Crippen LogP contribution in [0, 0.1) is 0 Å². The fourth-order valence-electron chi connectivity index (χ4n) is 4.48. The highest BCUT2D eigenvalue weighted by atomic mass is 16.4. The summed E-state index contributed by atoms with van der Waals surface area (Å²) in [6, 6.07) is 11.9. The Morgan fingerprint density at radius 1 is 1.32 bits per heavy atom. The van der Waals surface area contributed by atoms with Crippen LogP contribution in [0.2, 0.25) is 0 Å². The molecule has 2 atom stereocenters. The quantitative estimate of drug-likeness (QED) is 0.527. The maximum absolute atomic E-state index is 12.0. The number of aliphatic hydroxyl groups is 1. The molecule has 1 amide bonds. The Balaban J connectivity index is 1.52. The third-order valence-corrected chi connectivity index (χ3v) is 6.17. The minimum atomic E-state index is -1.18. The monoisotopic (exact) mass is 424 g/mol. The van der Waals surface area contributed by atoms with E-state index in [1.165, 1.54) is 5.56 Å². The van der Waals surface area contributed by atoms with Gasteiger partial charge in [-0.05, 0) is 50.5 Å². The number of carbonyl (C=O) groups is 1. The van der Waals surface area contributed by atoms with E-state index in [9.17, 15) is 9.90 Å². The summed E-state index contributed by atoms with van der Waals surface area (Å²) in [6.07, 6.45) is 4.15. The molecule has 2 aromatic rings. The van der Waals surface area contributed by atoms with Crippen molar-refractivity contribution in [2.45, 2.75) is 44.6 Å². The van der Waals surface area contributed by atoms with Crippen LogP contribution >= 0.6 is 0 Å². The number of nitrogens with zero attached hydrogens (tertiary/aromatic N) is 3. The molecule has 4 rings (SSSR count). The number of carbonyl (C=O) groups excluding carboxylic acids is 1. The molecule has 0 aliphatic carbocycles. The number of furan rings is 1. The highest BCUT2D eigenvalue weighted by Gasteiger charge is 2.33. The predicted octanol–water partition coefficient (Wildman–Crippen LogP) is 3.07. The zero-order chi connectivity index (χ0) is 21.8. The van der Waals surface area contributed by atoms with Crippen molar-refractivity contribution in [1.82, 2.24) is 10.2 Å². The van der Waals surface area contributed by atoms with Crippen molar-refractivity contribution in [2.75, 3.05) is 37.6 Å². The second kappa shape index (κ2) is 9.14. The van der Waals surface area contributed by atoms with Gasteiger partial charge in [0, 0.05) is 44.2 Å². The van der Waals surface area contributed by atoms with E-state index in [0.717, 1.165) is 50.7 Å². The number of likely N-dealkylation sites (tertiary alicyclic amines) is 1. The molecule has 3 heterocycles. The van der Waals surface area contributed by atoms with Crippen molar-refractivity contribution in [3.63, 3.8) is 0 Å². The molecule has 31 heavy (non-hydrogen) atoms. The van der Waals surface area contributed by atoms with Crippen LogP contribution in [0.5, 0.6) is 0 Å². The Kier molecular flexibility index (Phi) is 6.32. The number of aliphatic imine (C=N–C) groups is 1. The Morgan fingerprint density at radius 2 is 2.16 bits per heavy atom. The average Bonchev–Trinajstić information content (AvgIpc) is 3.50. The molecule has 2 aliphatic rings. The van der Waals surface area contributed by atoms with Crippen LogP contribution in [0.3, 0.4) is 0 Å². The van der Waals surface area contributed by atoms with Crippen LogP contribution in [0.15, 0.2) is 52.1 Å². The lowest BCUT2D eigenvalue weighted by Gasteiger charge is -2.25. The molecular formula is C24H32N4O3. The van der Waals surface area contributed by atoms with E-state index in [-0.39, 0.29) is 12.5 Å². The third-order valence-electron chi connectivity index (χ3n) is 6.17. The van der Waals surface area contributed by atoms with Crippen molar-refractivity contribution in [1.29, 1.82) is 0 Å². The SMILES string of the molecule is CCNC(=NCC(C)(O)c1ccco1)N1CC(CCN2CCCC2=O)c2ccccc21. The number of fused-ring (bicyclic) bond motifs is 1. The largest absolute Gasteiger partial charge is 0.466 e. The number of para-hydroxylation sites is 1. The highest BCUT2D eigenvalue weighted by molar-refractivity contribution is 5.98. The van der Waals surface area contributed by atoms with Gasteiger partial charge in [0.25, 0.3) is 0 Å². The lowest BCUT2D eigenvalue weighted by atomic mass is 9.98. The number of anilines is 1. The summed E-state index contributed by atoms with van der Waals surface area (Å²) >= 11 is 0. The zero-order valence-electron chi connectivity index (χ0n) is 18.4. The Morgan fingerprint density at radius 3 is 2.87 bits per heavy atom. The highest BCUT2D eigenvalue weighted by Crippen LogP contribution is 2.38. The molecule has 2 N–H and O–H groups in total. The maximum atomic E-state index is 12.0. The molecule has 2 aliphatic heterocycles. The maximum Gasteiger partial charge on any atom is 0.222 e. The van der Waals surface area contributed by atoms with E-state index in [0.29, 0.717) is 18.1 Å². The van der Waals surface area contributed by atoms with E-state index in [4.69, 9.17) is 9.41 Å². The first-order valence-corrected chi connectivity index (χ1v) is 11.2. The summed E-state index contributed by atoms with van der Waals surface area (Å²) in [4.78, 5) is 21.0. The third kappa shape index (κ3) is 4.61. The Bertz CT molecular complexity index is 923. The van der Waals surface area contributed by atoms with Crippen LogP contribution in [0.1, 0.15) is 50.4 Å². The van der Waals surface area contributed by atoms with Crippen LogP contribution in [0.25, 0.3) is 0 Å². The summed E-state index contributed by atoms with van der Waals surface area (Å²) in [5.41, 5.74) is 1.24. The van der Waals surface area contributed by atoms with Gasteiger partial charge in [0.1, 0.15) is 11.4 Å². The van der Waals surface area contributed by atoms with Gasteiger partial charge in [-0.15, -0.1) is 0 Å². The fraction of sp³-hybridized carbons (Fsp3) is 0.500. The molecular weight excluding hydrogens is 392 g/mol. The van der Waals surface area contributed by atoms with E-state index in [2.05, 4.69) is 28.4 Å². The molecule has 0 radical (unpaired) electrons. The fourth-order valence-corrected chi connectivity index (χ4v) is 4.48. The first kappa shape index (κ1) is 21.4. The first-order chi connectivity index (χ1) is 15.0. The van der Waals surface area contributed by atoms with Crippen LogP contribution in [0.4, 0.5) is 5.69 Å². The number of guanidine groups is 1. The minimum Gasteiger partial charge on any atom is -0.466 e. The van der Waals surface area contributed by atoms with E-state index in [1.807, 2.05) is 17.9 Å². The summed E-state index contributed by atoms with van der Waals surface area (Å²) < 4.78 is 5.39. The molecule has 166 valence electrons. The van der Waals surface area contributed by atoms with Gasteiger partial charge in [-0.25, -0.2) is 4.99 Å². The number of nitrogens with one attached hydrogen (secondary N) is 1. The molecule has 7 nitrogen and oxygen atoms in total. The Hall–Kier alpha value is -2.80. The summed E-state index contributed by atoms with van der Waals surface area (Å²) in [6.45, 7) is 7.15. The zero-order valence-corrected chi connectivity index (χ0v) is 18.4. The number of hydrogen-bond acceptors (Lipinski definition) is 4. The molecule has 2 unspecified atom stereocenters. The van der Waals surface area contributed by atoms with Gasteiger partial charge in [-0.1, -0.05) is 18.2 Å². The van der Waals surface area contributed by atoms with E-state index < -0.39 is 5.60 Å². The lowest BCUT2D eigenvalue weighted by molar-refractivity contribution is -0.127. The standard InChI is InChI=1S/C24H32N4O3/c1-3-25-23(26-17-24(2,30)21-10-7-15-31-21)28-16-18(19-8-4-5-9-20(19)28)12-14-27-13-6-11-22(27)29/h4-5,7-10,15,18,30H,3,6,11-14,16-17H2,1-2H3,(H,25,26). The van der Waals surface area contributed by atoms with Gasteiger partial charge in [0.15, 0.2) is 5.96 Å². The number of benzene rings is 1. The minimum absolute atomic E-state index is 0.189. The number of rotatable bonds is 7. The van der Waals surface area contributed by atoms with Gasteiger partial charge >= 0.3 is 0 Å². The van der Waals surface area contributed by atoms with Crippen molar-refractivity contribution < 1.29 is 14.3 Å². The lowest BCUT2D eigenvalue weighted by Crippen LogP contribution is -2.42. The van der Waals surface area contributed by atoms with Gasteiger partial charge in [-0.3, -0.25) is 4.79 Å². The molecule has 1 aromatic heterocycles. The number of hydrogen-bond donors (Lipinski definition) is 2. The topological polar surface area (TPSA) is 81.3 Å². The van der Waals surface area contributed by atoms with Crippen LogP contribution < -0.4 is 10.2 Å². The second-order valence-corrected chi connectivity index (χ2v) is 8.56. The average molecular weight is 425 g/mol. The van der Waals surface area contributed by atoms with Crippen molar-refractivity contribution in [2.24, 2.45) is 4.99 Å². The number of amides is 1. The van der Waals surface area contributed by atoms with Crippen molar-refractivity contribution >= 4 is 17.6 Å². The molecule has 1 saturated heterocycles. The van der Waals surface area contributed by atoms with Crippen LogP contribution in [-0.4, -0.2) is 54.6 Å². The smallest absolute Gasteiger partial charge is 0.222 e. The molecule has 7 heteroatoms. The van der Waals surface area contributed by atoms with Gasteiger partial charge < -0.3 is 24.6 Å². The molecule has 1 fully saturated rings. The first-order valence-electron chi connectivity index (χ1n) is 11.2. The van der Waals surface area contributed by atoms with Crippen LogP contribution in [-0.2, 0) is 10.4 Å². The molecule has 1 aromatic carbocycles. The Labute approximate surface area is 183 Å². The predicted molar refractivity (Wildman–Crippen MR) is 121 cm³/mol. The van der Waals surface area contributed by atoms with Gasteiger partial charge in [-0.2, -0.15) is 0 Å². The van der Waals surface area contributed by atoms with Crippen molar-refractivity contribution in [3.05, 3.63) is 54.0 Å². The van der Waals surface area contributed by atoms with Gasteiger partial charge in [0.05, 0.1) is 12.8 Å². The van der Waals surface area contributed by atoms with E-state index in [1.54, 1.807) is 25.3 Å². The normalized spacial score (nSPS) is 20.8. The summed E-state index contributed by atoms with van der Waals surface area (Å²) in [5.74, 6) is 1.86. The van der Waals surface area contributed by atoms with E-state index >= 15 is 0 Å². The van der Waals surface area contributed by atoms with Gasteiger partial charge in [0.2, 0.25) is 5.91 Å². The molecule has 0 saturated carbocycles. The second-order valence-electron chi connectivity index (χ2n) is 8.56. The molecule has 0 spiro atoms. The van der Waals surface area contributed by atoms with Crippen molar-refractivity contribution in [3.8, 4) is 0 Å².